The van der Waals surface area contributed by atoms with Crippen LogP contribution in [0.25, 0.3) is 10.9 Å². The number of aromatic nitrogens is 2. The molecule has 0 bridgehead atoms. The van der Waals surface area contributed by atoms with Gasteiger partial charge in [0.1, 0.15) is 0 Å². The molecule has 3 rings (SSSR count). The molecule has 0 aliphatic rings. The van der Waals surface area contributed by atoms with Crippen LogP contribution in [-0.4, -0.2) is 34.8 Å². The van der Waals surface area contributed by atoms with Gasteiger partial charge in [-0.25, -0.2) is 9.97 Å². The summed E-state index contributed by atoms with van der Waals surface area (Å²) in [4.78, 5) is 11.0. The predicted molar refractivity (Wildman–Crippen MR) is 102 cm³/mol. The summed E-state index contributed by atoms with van der Waals surface area (Å²) in [6.07, 6.45) is 1.81. The van der Waals surface area contributed by atoms with Crippen molar-refractivity contribution in [1.29, 1.82) is 0 Å². The molecule has 1 aromatic heterocycles. The van der Waals surface area contributed by atoms with Gasteiger partial charge in [0.25, 0.3) is 0 Å². The van der Waals surface area contributed by atoms with E-state index in [1.165, 1.54) is 0 Å². The zero-order valence-corrected chi connectivity index (χ0v) is 15.0. The third kappa shape index (κ3) is 3.83. The van der Waals surface area contributed by atoms with Gasteiger partial charge in [-0.2, -0.15) is 0 Å². The van der Waals surface area contributed by atoms with Crippen molar-refractivity contribution >= 4 is 44.2 Å². The van der Waals surface area contributed by atoms with Gasteiger partial charge in [-0.1, -0.05) is 15.9 Å². The number of aliphatic hydroxyl groups is 1. The summed E-state index contributed by atoms with van der Waals surface area (Å²) in [5, 5.41) is 13.3. The fourth-order valence-electron chi connectivity index (χ4n) is 2.54. The SMILES string of the molecule is CCN(CCO)c1ccc(Nc2ncc3cc(Br)ccc3n2)cc1. The van der Waals surface area contributed by atoms with Crippen molar-refractivity contribution in [3.8, 4) is 0 Å². The smallest absolute Gasteiger partial charge is 0.227 e. The molecular formula is C18H19BrN4O. The van der Waals surface area contributed by atoms with Gasteiger partial charge in [0, 0.05) is 40.5 Å². The molecule has 0 unspecified atom stereocenters. The number of halogens is 1. The average molecular weight is 387 g/mol. The van der Waals surface area contributed by atoms with E-state index in [0.717, 1.165) is 33.3 Å². The fraction of sp³-hybridized carbons (Fsp3) is 0.222. The third-order valence-corrected chi connectivity index (χ3v) is 4.28. The Balaban J connectivity index is 1.77. The predicted octanol–water partition coefficient (Wildman–Crippen LogP) is 3.95. The van der Waals surface area contributed by atoms with Crippen LogP contribution in [0.15, 0.2) is 53.1 Å². The van der Waals surface area contributed by atoms with Gasteiger partial charge >= 0.3 is 0 Å². The Bertz CT molecular complexity index is 823. The molecule has 0 fully saturated rings. The molecule has 0 aliphatic heterocycles. The second-order valence-electron chi connectivity index (χ2n) is 5.37. The van der Waals surface area contributed by atoms with Crippen molar-refractivity contribution in [2.75, 3.05) is 29.9 Å². The highest BCUT2D eigenvalue weighted by Crippen LogP contribution is 2.22. The van der Waals surface area contributed by atoms with Crippen LogP contribution >= 0.6 is 15.9 Å². The van der Waals surface area contributed by atoms with Gasteiger partial charge in [-0.15, -0.1) is 0 Å². The van der Waals surface area contributed by atoms with Gasteiger partial charge in [-0.05, 0) is 49.4 Å². The Morgan fingerprint density at radius 2 is 1.96 bits per heavy atom. The zero-order chi connectivity index (χ0) is 16.9. The maximum atomic E-state index is 9.11. The number of fused-ring (bicyclic) bond motifs is 1. The molecule has 0 aliphatic carbocycles. The standard InChI is InChI=1S/C18H19BrN4O/c1-2-23(9-10-24)16-6-4-15(5-7-16)21-18-20-12-13-11-14(19)3-8-17(13)22-18/h3-8,11-12,24H,2,9-10H2,1H3,(H,20,21,22). The largest absolute Gasteiger partial charge is 0.395 e. The second kappa shape index (κ2) is 7.59. The Labute approximate surface area is 149 Å². The Morgan fingerprint density at radius 3 is 2.67 bits per heavy atom. The molecule has 0 saturated heterocycles. The van der Waals surface area contributed by atoms with Crippen molar-refractivity contribution in [1.82, 2.24) is 9.97 Å². The topological polar surface area (TPSA) is 61.3 Å². The van der Waals surface area contributed by atoms with E-state index in [9.17, 15) is 0 Å². The van der Waals surface area contributed by atoms with Crippen molar-refractivity contribution in [2.24, 2.45) is 0 Å². The molecule has 2 N–H and O–H groups in total. The van der Waals surface area contributed by atoms with Gasteiger partial charge in [0.2, 0.25) is 5.95 Å². The van der Waals surface area contributed by atoms with E-state index in [1.807, 2.05) is 48.7 Å². The number of aliphatic hydroxyl groups excluding tert-OH is 1. The maximum Gasteiger partial charge on any atom is 0.227 e. The van der Waals surface area contributed by atoms with E-state index >= 15 is 0 Å². The highest BCUT2D eigenvalue weighted by Gasteiger charge is 2.05. The summed E-state index contributed by atoms with van der Waals surface area (Å²) in [7, 11) is 0. The van der Waals surface area contributed by atoms with E-state index in [2.05, 4.69) is 43.0 Å². The summed E-state index contributed by atoms with van der Waals surface area (Å²) in [5.41, 5.74) is 2.91. The van der Waals surface area contributed by atoms with Gasteiger partial charge in [-0.3, -0.25) is 0 Å². The van der Waals surface area contributed by atoms with Crippen LogP contribution in [0.1, 0.15) is 6.92 Å². The van der Waals surface area contributed by atoms with Gasteiger partial charge in [0.15, 0.2) is 0 Å². The fourth-order valence-corrected chi connectivity index (χ4v) is 2.92. The molecule has 124 valence electrons. The average Bonchev–Trinajstić information content (AvgIpc) is 2.60. The molecule has 3 aromatic rings. The number of nitrogens with one attached hydrogen (secondary N) is 1. The minimum Gasteiger partial charge on any atom is -0.395 e. The minimum absolute atomic E-state index is 0.148. The summed E-state index contributed by atoms with van der Waals surface area (Å²) in [5.74, 6) is 0.570. The monoisotopic (exact) mass is 386 g/mol. The first kappa shape index (κ1) is 16.7. The van der Waals surface area contributed by atoms with Gasteiger partial charge in [0.05, 0.1) is 12.1 Å². The van der Waals surface area contributed by atoms with E-state index < -0.39 is 0 Å². The van der Waals surface area contributed by atoms with Crippen LogP contribution in [0, 0.1) is 0 Å². The quantitative estimate of drug-likeness (QED) is 0.671. The summed E-state index contributed by atoms with van der Waals surface area (Å²) in [6, 6.07) is 14.0. The van der Waals surface area contributed by atoms with E-state index in [1.54, 1.807) is 0 Å². The first-order chi connectivity index (χ1) is 11.7. The normalized spacial score (nSPS) is 10.8. The van der Waals surface area contributed by atoms with Crippen LogP contribution < -0.4 is 10.2 Å². The highest BCUT2D eigenvalue weighted by molar-refractivity contribution is 9.10. The Morgan fingerprint density at radius 1 is 1.17 bits per heavy atom. The van der Waals surface area contributed by atoms with Crippen LogP contribution in [-0.2, 0) is 0 Å². The van der Waals surface area contributed by atoms with Crippen molar-refractivity contribution in [3.05, 3.63) is 53.1 Å². The first-order valence-electron chi connectivity index (χ1n) is 7.85. The lowest BCUT2D eigenvalue weighted by atomic mass is 10.2. The molecule has 2 aromatic carbocycles. The van der Waals surface area contributed by atoms with Crippen LogP contribution in [0.5, 0.6) is 0 Å². The Hall–Kier alpha value is -2.18. The number of benzene rings is 2. The van der Waals surface area contributed by atoms with Crippen molar-refractivity contribution in [3.63, 3.8) is 0 Å². The second-order valence-corrected chi connectivity index (χ2v) is 6.29. The molecule has 0 saturated carbocycles. The zero-order valence-electron chi connectivity index (χ0n) is 13.4. The number of hydrogen-bond acceptors (Lipinski definition) is 5. The summed E-state index contributed by atoms with van der Waals surface area (Å²) < 4.78 is 1.01. The first-order valence-corrected chi connectivity index (χ1v) is 8.64. The maximum absolute atomic E-state index is 9.11. The molecule has 24 heavy (non-hydrogen) atoms. The van der Waals surface area contributed by atoms with Crippen LogP contribution in [0.4, 0.5) is 17.3 Å². The molecule has 0 amide bonds. The van der Waals surface area contributed by atoms with Crippen LogP contribution in [0.2, 0.25) is 0 Å². The van der Waals surface area contributed by atoms with Crippen molar-refractivity contribution in [2.45, 2.75) is 6.92 Å². The summed E-state index contributed by atoms with van der Waals surface area (Å²) >= 11 is 3.45. The third-order valence-electron chi connectivity index (χ3n) is 3.78. The summed E-state index contributed by atoms with van der Waals surface area (Å²) in [6.45, 7) is 3.71. The molecular weight excluding hydrogens is 368 g/mol. The lowest BCUT2D eigenvalue weighted by molar-refractivity contribution is 0.302. The van der Waals surface area contributed by atoms with E-state index in [-0.39, 0.29) is 6.61 Å². The molecule has 0 radical (unpaired) electrons. The number of rotatable bonds is 6. The minimum atomic E-state index is 0.148. The van der Waals surface area contributed by atoms with E-state index in [4.69, 9.17) is 5.11 Å². The molecule has 0 atom stereocenters. The van der Waals surface area contributed by atoms with Crippen LogP contribution in [0.3, 0.4) is 0 Å². The lowest BCUT2D eigenvalue weighted by Gasteiger charge is -2.22. The molecule has 1 heterocycles. The molecule has 6 heteroatoms. The molecule has 5 nitrogen and oxygen atoms in total. The number of anilines is 3. The highest BCUT2D eigenvalue weighted by atomic mass is 79.9. The van der Waals surface area contributed by atoms with E-state index in [0.29, 0.717) is 12.5 Å². The Kier molecular flexibility index (Phi) is 5.27. The number of hydrogen-bond donors (Lipinski definition) is 2. The van der Waals surface area contributed by atoms with Gasteiger partial charge < -0.3 is 15.3 Å². The number of nitrogens with zero attached hydrogens (tertiary/aromatic N) is 3. The molecule has 0 spiro atoms. The lowest BCUT2D eigenvalue weighted by Crippen LogP contribution is -2.25. The number of likely N-dealkylation sites (N-methyl/N-ethyl adjacent to an activating group) is 1. The van der Waals surface area contributed by atoms with Crippen molar-refractivity contribution < 1.29 is 5.11 Å².